The van der Waals surface area contributed by atoms with Crippen LogP contribution in [-0.2, 0) is 0 Å². The predicted molar refractivity (Wildman–Crippen MR) is 225 cm³/mol. The average molecular weight is 704 g/mol. The summed E-state index contributed by atoms with van der Waals surface area (Å²) in [7, 11) is 0. The first-order valence-electron chi connectivity index (χ1n) is 18.4. The van der Waals surface area contributed by atoms with Gasteiger partial charge in [0, 0.05) is 27.5 Å². The van der Waals surface area contributed by atoms with Crippen LogP contribution in [0.3, 0.4) is 0 Å². The Morgan fingerprint density at radius 3 is 1.00 bits per heavy atom. The number of rotatable bonds is 7. The molecule has 10 aromatic rings. The molecule has 0 aliphatic rings. The first kappa shape index (κ1) is 32.2. The lowest BCUT2D eigenvalue weighted by Gasteiger charge is -2.10. The van der Waals surface area contributed by atoms with Gasteiger partial charge < -0.3 is 4.42 Å². The maximum absolute atomic E-state index is 6.86. The zero-order valence-corrected chi connectivity index (χ0v) is 29.8. The van der Waals surface area contributed by atoms with E-state index in [1.807, 2.05) is 24.3 Å². The second kappa shape index (κ2) is 13.8. The van der Waals surface area contributed by atoms with E-state index in [1.165, 1.54) is 11.1 Å². The van der Waals surface area contributed by atoms with Crippen LogP contribution in [0.15, 0.2) is 205 Å². The van der Waals surface area contributed by atoms with Crippen molar-refractivity contribution in [2.75, 3.05) is 0 Å². The first-order valence-corrected chi connectivity index (χ1v) is 18.4. The Labute approximate surface area is 319 Å². The molecule has 258 valence electrons. The zero-order valence-electron chi connectivity index (χ0n) is 29.8. The third-order valence-electron chi connectivity index (χ3n) is 10.2. The lowest BCUT2D eigenvalue weighted by molar-refractivity contribution is 0.670. The largest absolute Gasteiger partial charge is 0.455 e. The van der Waals surface area contributed by atoms with E-state index in [1.54, 1.807) is 0 Å². The molecule has 4 nitrogen and oxygen atoms in total. The van der Waals surface area contributed by atoms with Gasteiger partial charge in [-0.25, -0.2) is 15.0 Å². The fourth-order valence-corrected chi connectivity index (χ4v) is 7.34. The molecule has 2 heterocycles. The SMILES string of the molecule is c1ccc(-c2ccc(-c3nc(-c4ccc(-c5ccccc5)cc4)nc(-c4cccc5c4oc4c(-c6ccc(-c7ccccc7)cc6)cccc45)n3)cc2)cc1. The van der Waals surface area contributed by atoms with Gasteiger partial charge in [-0.15, -0.1) is 0 Å². The van der Waals surface area contributed by atoms with Gasteiger partial charge in [-0.2, -0.15) is 0 Å². The van der Waals surface area contributed by atoms with Crippen LogP contribution in [0.25, 0.3) is 101 Å². The quantitative estimate of drug-likeness (QED) is 0.166. The van der Waals surface area contributed by atoms with Crippen LogP contribution < -0.4 is 0 Å². The average Bonchev–Trinajstić information content (AvgIpc) is 3.67. The maximum atomic E-state index is 6.86. The molecular weight excluding hydrogens is 671 g/mol. The van der Waals surface area contributed by atoms with Crippen LogP contribution in [0.4, 0.5) is 0 Å². The minimum absolute atomic E-state index is 0.553. The van der Waals surface area contributed by atoms with Crippen molar-refractivity contribution in [3.05, 3.63) is 200 Å². The second-order valence-electron chi connectivity index (χ2n) is 13.6. The number of hydrogen-bond donors (Lipinski definition) is 0. The number of hydrogen-bond acceptors (Lipinski definition) is 4. The van der Waals surface area contributed by atoms with E-state index in [0.717, 1.165) is 72.0 Å². The predicted octanol–water partition coefficient (Wildman–Crippen LogP) is 13.4. The summed E-state index contributed by atoms with van der Waals surface area (Å²) < 4.78 is 6.86. The summed E-state index contributed by atoms with van der Waals surface area (Å²) in [6, 6.07) is 69.3. The van der Waals surface area contributed by atoms with Gasteiger partial charge in [0.25, 0.3) is 0 Å². The third kappa shape index (κ3) is 6.16. The van der Waals surface area contributed by atoms with Crippen LogP contribution in [0, 0.1) is 0 Å². The van der Waals surface area contributed by atoms with Gasteiger partial charge in [-0.1, -0.05) is 194 Å². The van der Waals surface area contributed by atoms with Crippen molar-refractivity contribution in [1.82, 2.24) is 15.0 Å². The second-order valence-corrected chi connectivity index (χ2v) is 13.6. The number of furan rings is 1. The van der Waals surface area contributed by atoms with Crippen LogP contribution >= 0.6 is 0 Å². The molecule has 0 fully saturated rings. The minimum atomic E-state index is 0.553. The fraction of sp³-hybridized carbons (Fsp3) is 0. The monoisotopic (exact) mass is 703 g/mol. The smallest absolute Gasteiger partial charge is 0.167 e. The first-order chi connectivity index (χ1) is 27.2. The normalized spacial score (nSPS) is 11.3. The Kier molecular flexibility index (Phi) is 8.12. The number of fused-ring (bicyclic) bond motifs is 3. The number of para-hydroxylation sites is 2. The highest BCUT2D eigenvalue weighted by Gasteiger charge is 2.19. The summed E-state index contributed by atoms with van der Waals surface area (Å²) in [6.07, 6.45) is 0. The summed E-state index contributed by atoms with van der Waals surface area (Å²) in [5.41, 5.74) is 13.3. The summed E-state index contributed by atoms with van der Waals surface area (Å²) in [5.74, 6) is 1.75. The summed E-state index contributed by atoms with van der Waals surface area (Å²) in [5, 5.41) is 2.06. The molecule has 0 spiro atoms. The highest BCUT2D eigenvalue weighted by Crippen LogP contribution is 2.40. The summed E-state index contributed by atoms with van der Waals surface area (Å²) in [4.78, 5) is 15.3. The molecule has 0 atom stereocenters. The van der Waals surface area contributed by atoms with Crippen molar-refractivity contribution in [3.63, 3.8) is 0 Å². The summed E-state index contributed by atoms with van der Waals surface area (Å²) >= 11 is 0. The Morgan fingerprint density at radius 2 is 0.564 bits per heavy atom. The van der Waals surface area contributed by atoms with Crippen LogP contribution in [0.5, 0.6) is 0 Å². The van der Waals surface area contributed by atoms with Gasteiger partial charge in [0.2, 0.25) is 0 Å². The van der Waals surface area contributed by atoms with Gasteiger partial charge in [-0.05, 0) is 45.0 Å². The van der Waals surface area contributed by atoms with Gasteiger partial charge in [0.1, 0.15) is 11.2 Å². The fourth-order valence-electron chi connectivity index (χ4n) is 7.34. The molecule has 0 unspecified atom stereocenters. The van der Waals surface area contributed by atoms with Crippen LogP contribution in [0.1, 0.15) is 0 Å². The molecule has 0 amide bonds. The van der Waals surface area contributed by atoms with Gasteiger partial charge in [0.15, 0.2) is 17.5 Å². The molecule has 0 aliphatic carbocycles. The Morgan fingerprint density at radius 1 is 0.236 bits per heavy atom. The van der Waals surface area contributed by atoms with Crippen molar-refractivity contribution < 1.29 is 4.42 Å². The lowest BCUT2D eigenvalue weighted by Crippen LogP contribution is -2.00. The van der Waals surface area contributed by atoms with Crippen LogP contribution in [-0.4, -0.2) is 15.0 Å². The standard InChI is InChI=1S/C51H33N3O/c1-4-12-34(13-5-1)37-22-28-40(29-23-37)43-18-10-19-44-45-20-11-21-46(48(45)55-47(43)44)51-53-49(41-30-24-38(25-31-41)35-14-6-2-7-15-35)52-50(54-51)42-32-26-39(27-33-42)36-16-8-3-9-17-36/h1-33H. The van der Waals surface area contributed by atoms with Crippen molar-refractivity contribution >= 4 is 21.9 Å². The molecule has 0 N–H and O–H groups in total. The molecule has 0 aliphatic heterocycles. The van der Waals surface area contributed by atoms with Gasteiger partial charge in [0.05, 0.1) is 5.56 Å². The molecule has 0 saturated heterocycles. The summed E-state index contributed by atoms with van der Waals surface area (Å²) in [6.45, 7) is 0. The number of aromatic nitrogens is 3. The highest BCUT2D eigenvalue weighted by atomic mass is 16.3. The molecule has 4 heteroatoms. The third-order valence-corrected chi connectivity index (χ3v) is 10.2. The molecule has 0 radical (unpaired) electrons. The van der Waals surface area contributed by atoms with E-state index in [2.05, 4.69) is 176 Å². The Balaban J connectivity index is 1.10. The Hall–Kier alpha value is -7.43. The van der Waals surface area contributed by atoms with E-state index in [-0.39, 0.29) is 0 Å². The molecule has 55 heavy (non-hydrogen) atoms. The van der Waals surface area contributed by atoms with Crippen molar-refractivity contribution in [2.45, 2.75) is 0 Å². The Bertz CT molecular complexity index is 2820. The van der Waals surface area contributed by atoms with Crippen molar-refractivity contribution in [2.24, 2.45) is 0 Å². The molecule has 8 aromatic carbocycles. The van der Waals surface area contributed by atoms with E-state index >= 15 is 0 Å². The molecule has 10 rings (SSSR count). The maximum Gasteiger partial charge on any atom is 0.167 e. The zero-order chi connectivity index (χ0) is 36.6. The number of nitrogens with zero attached hydrogens (tertiary/aromatic N) is 3. The molecule has 0 saturated carbocycles. The van der Waals surface area contributed by atoms with Gasteiger partial charge >= 0.3 is 0 Å². The minimum Gasteiger partial charge on any atom is -0.455 e. The van der Waals surface area contributed by atoms with E-state index in [0.29, 0.717) is 17.5 Å². The highest BCUT2D eigenvalue weighted by molar-refractivity contribution is 6.12. The van der Waals surface area contributed by atoms with Crippen LogP contribution in [0.2, 0.25) is 0 Å². The van der Waals surface area contributed by atoms with E-state index < -0.39 is 0 Å². The van der Waals surface area contributed by atoms with Gasteiger partial charge in [-0.3, -0.25) is 0 Å². The van der Waals surface area contributed by atoms with E-state index in [4.69, 9.17) is 19.4 Å². The lowest BCUT2D eigenvalue weighted by atomic mass is 9.98. The van der Waals surface area contributed by atoms with E-state index in [9.17, 15) is 0 Å². The molecule has 0 bridgehead atoms. The molecule has 2 aromatic heterocycles. The van der Waals surface area contributed by atoms with Crippen molar-refractivity contribution in [1.29, 1.82) is 0 Å². The topological polar surface area (TPSA) is 51.8 Å². The van der Waals surface area contributed by atoms with Crippen molar-refractivity contribution in [3.8, 4) is 78.7 Å². The number of benzene rings is 8. The molecular formula is C51H33N3O.